The van der Waals surface area contributed by atoms with E-state index in [1.807, 2.05) is 18.4 Å². The number of fused-ring (bicyclic) bond motifs is 1. The number of nitrogens with zero attached hydrogens (tertiary/aromatic N) is 1. The Morgan fingerprint density at radius 3 is 2.62 bits per heavy atom. The highest BCUT2D eigenvalue weighted by molar-refractivity contribution is 7.10. The number of aryl methyl sites for hydroxylation is 1. The predicted molar refractivity (Wildman–Crippen MR) is 90.6 cm³/mol. The van der Waals surface area contributed by atoms with Crippen molar-refractivity contribution in [3.05, 3.63) is 63.5 Å². The van der Waals surface area contributed by atoms with E-state index >= 15 is 0 Å². The number of carbonyl (C=O) groups is 1. The van der Waals surface area contributed by atoms with Crippen LogP contribution in [0.5, 0.6) is 0 Å². The molecule has 3 nitrogen and oxygen atoms in total. The van der Waals surface area contributed by atoms with Gasteiger partial charge in [-0.3, -0.25) is 4.79 Å². The maximum Gasteiger partial charge on any atom is 0.260 e. The summed E-state index contributed by atoms with van der Waals surface area (Å²) in [5, 5.41) is 1.95. The maximum absolute atomic E-state index is 14.0. The fourth-order valence-corrected chi connectivity index (χ4v) is 3.83. The van der Waals surface area contributed by atoms with Gasteiger partial charge in [0.25, 0.3) is 5.91 Å². The first-order valence-electron chi connectivity index (χ1n) is 7.58. The largest absolute Gasteiger partial charge is 0.358 e. The average Bonchev–Trinajstić information content (AvgIpc) is 3.15. The van der Waals surface area contributed by atoms with Crippen LogP contribution < -0.4 is 4.90 Å². The van der Waals surface area contributed by atoms with Crippen molar-refractivity contribution in [2.24, 2.45) is 0 Å². The summed E-state index contributed by atoms with van der Waals surface area (Å²) in [6.07, 6.45) is 0.617. The molecule has 1 amide bonds. The Morgan fingerprint density at radius 2 is 1.96 bits per heavy atom. The number of aromatic amines is 1. The number of amides is 1. The lowest BCUT2D eigenvalue weighted by molar-refractivity contribution is 0.0980. The van der Waals surface area contributed by atoms with Crippen molar-refractivity contribution in [2.45, 2.75) is 13.3 Å². The van der Waals surface area contributed by atoms with Crippen LogP contribution in [0, 0.1) is 18.6 Å². The highest BCUT2D eigenvalue weighted by Crippen LogP contribution is 2.33. The van der Waals surface area contributed by atoms with Crippen LogP contribution in [0.15, 0.2) is 35.7 Å². The van der Waals surface area contributed by atoms with Crippen molar-refractivity contribution >= 4 is 22.9 Å². The number of hydrogen-bond acceptors (Lipinski definition) is 2. The molecule has 0 atom stereocenters. The molecule has 0 bridgehead atoms. The molecule has 1 aliphatic rings. The fourth-order valence-electron chi connectivity index (χ4n) is 3.13. The minimum Gasteiger partial charge on any atom is -0.358 e. The van der Waals surface area contributed by atoms with Crippen LogP contribution in [-0.4, -0.2) is 17.4 Å². The zero-order chi connectivity index (χ0) is 16.8. The molecule has 6 heteroatoms. The van der Waals surface area contributed by atoms with Crippen LogP contribution in [0.1, 0.15) is 20.9 Å². The Kier molecular flexibility index (Phi) is 3.49. The molecule has 0 spiro atoms. The van der Waals surface area contributed by atoms with Gasteiger partial charge in [0.1, 0.15) is 11.6 Å². The molecule has 1 aliphatic heterocycles. The highest BCUT2D eigenvalue weighted by atomic mass is 32.1. The number of halogens is 2. The van der Waals surface area contributed by atoms with Gasteiger partial charge in [-0.15, -0.1) is 11.3 Å². The molecular weight excluding hydrogens is 330 g/mol. The Labute approximate surface area is 141 Å². The number of anilines is 1. The van der Waals surface area contributed by atoms with Crippen molar-refractivity contribution in [1.29, 1.82) is 0 Å². The number of H-pyrrole nitrogens is 1. The Hall–Kier alpha value is -2.47. The van der Waals surface area contributed by atoms with E-state index in [2.05, 4.69) is 4.98 Å². The summed E-state index contributed by atoms with van der Waals surface area (Å²) in [5.41, 5.74) is 2.27. The summed E-state index contributed by atoms with van der Waals surface area (Å²) in [5.74, 6) is -1.44. The first-order valence-corrected chi connectivity index (χ1v) is 8.46. The maximum atomic E-state index is 14.0. The Morgan fingerprint density at radius 1 is 1.21 bits per heavy atom. The predicted octanol–water partition coefficient (Wildman–Crippen LogP) is 4.53. The number of thiophene rings is 1. The van der Waals surface area contributed by atoms with Crippen molar-refractivity contribution in [3.8, 4) is 11.3 Å². The molecule has 0 radical (unpaired) electrons. The van der Waals surface area contributed by atoms with Crippen LogP contribution in [0.25, 0.3) is 11.3 Å². The van der Waals surface area contributed by atoms with Crippen LogP contribution in [0.2, 0.25) is 0 Å². The van der Waals surface area contributed by atoms with Gasteiger partial charge in [0.05, 0.1) is 22.5 Å². The molecule has 122 valence electrons. The van der Waals surface area contributed by atoms with Crippen molar-refractivity contribution in [2.75, 3.05) is 11.4 Å². The van der Waals surface area contributed by atoms with E-state index < -0.39 is 11.6 Å². The van der Waals surface area contributed by atoms with Crippen molar-refractivity contribution in [3.63, 3.8) is 0 Å². The summed E-state index contributed by atoms with van der Waals surface area (Å²) >= 11 is 1.59. The average molecular weight is 344 g/mol. The van der Waals surface area contributed by atoms with Gasteiger partial charge < -0.3 is 9.88 Å². The molecule has 0 aliphatic carbocycles. The number of benzene rings is 1. The van der Waals surface area contributed by atoms with Crippen molar-refractivity contribution in [1.82, 2.24) is 4.98 Å². The molecule has 3 heterocycles. The highest BCUT2D eigenvalue weighted by Gasteiger charge is 2.29. The second kappa shape index (κ2) is 5.56. The third-order valence-electron chi connectivity index (χ3n) is 4.31. The number of hydrogen-bond donors (Lipinski definition) is 1. The summed E-state index contributed by atoms with van der Waals surface area (Å²) in [4.78, 5) is 18.6. The minimum absolute atomic E-state index is 0.127. The summed E-state index contributed by atoms with van der Waals surface area (Å²) in [6.45, 7) is 2.52. The molecule has 0 unspecified atom stereocenters. The second-order valence-electron chi connectivity index (χ2n) is 5.74. The van der Waals surface area contributed by atoms with Crippen LogP contribution >= 0.6 is 11.3 Å². The molecule has 3 aromatic rings. The molecule has 4 rings (SSSR count). The summed E-state index contributed by atoms with van der Waals surface area (Å²) < 4.78 is 28.0. The van der Waals surface area contributed by atoms with Gasteiger partial charge in [0, 0.05) is 23.5 Å². The van der Waals surface area contributed by atoms with E-state index in [-0.39, 0.29) is 11.5 Å². The zero-order valence-corrected chi connectivity index (χ0v) is 13.7. The SMILES string of the molecule is Cc1sccc1N1CCc2[nH]c(-c3c(F)cccc3F)cc2C1=O. The lowest BCUT2D eigenvalue weighted by Gasteiger charge is -2.26. The molecule has 1 N–H and O–H groups in total. The van der Waals surface area contributed by atoms with Gasteiger partial charge in [-0.2, -0.15) is 0 Å². The minimum atomic E-state index is -0.647. The van der Waals surface area contributed by atoms with Crippen LogP contribution in [0.4, 0.5) is 14.5 Å². The standard InChI is InChI=1S/C18H14F2N2OS/c1-10-16(6-8-24-10)22-7-5-14-11(18(22)23)9-15(21-14)17-12(19)3-2-4-13(17)20/h2-4,6,8-9,21H,5,7H2,1H3. The van der Waals surface area contributed by atoms with E-state index in [4.69, 9.17) is 0 Å². The number of aromatic nitrogens is 1. The lowest BCUT2D eigenvalue weighted by atomic mass is 10.1. The number of rotatable bonds is 2. The van der Waals surface area contributed by atoms with Gasteiger partial charge in [0.15, 0.2) is 0 Å². The van der Waals surface area contributed by atoms with E-state index in [0.717, 1.165) is 16.3 Å². The smallest absolute Gasteiger partial charge is 0.260 e. The molecule has 1 aromatic carbocycles. The first-order chi connectivity index (χ1) is 11.6. The number of nitrogens with one attached hydrogen (secondary N) is 1. The summed E-state index contributed by atoms with van der Waals surface area (Å²) in [6, 6.07) is 7.21. The van der Waals surface area contributed by atoms with Crippen LogP contribution in [-0.2, 0) is 6.42 Å². The third-order valence-corrected chi connectivity index (χ3v) is 5.15. The molecule has 0 saturated carbocycles. The zero-order valence-electron chi connectivity index (χ0n) is 12.9. The topological polar surface area (TPSA) is 36.1 Å². The first kappa shape index (κ1) is 15.1. The molecule has 0 fully saturated rings. The number of carbonyl (C=O) groups excluding carboxylic acids is 1. The Balaban J connectivity index is 1.77. The Bertz CT molecular complexity index is 924. The van der Waals surface area contributed by atoms with E-state index in [0.29, 0.717) is 24.2 Å². The third kappa shape index (κ3) is 2.26. The van der Waals surface area contributed by atoms with Gasteiger partial charge >= 0.3 is 0 Å². The van der Waals surface area contributed by atoms with Gasteiger partial charge in [-0.25, -0.2) is 8.78 Å². The van der Waals surface area contributed by atoms with Crippen LogP contribution in [0.3, 0.4) is 0 Å². The van der Waals surface area contributed by atoms with Crippen molar-refractivity contribution < 1.29 is 13.6 Å². The molecule has 0 saturated heterocycles. The van der Waals surface area contributed by atoms with Gasteiger partial charge in [-0.1, -0.05) is 6.07 Å². The normalized spacial score (nSPS) is 14.1. The van der Waals surface area contributed by atoms with E-state index in [1.165, 1.54) is 18.2 Å². The fraction of sp³-hybridized carbons (Fsp3) is 0.167. The van der Waals surface area contributed by atoms with E-state index in [9.17, 15) is 13.6 Å². The molecule has 2 aromatic heterocycles. The van der Waals surface area contributed by atoms with E-state index in [1.54, 1.807) is 22.3 Å². The second-order valence-corrected chi connectivity index (χ2v) is 6.86. The quantitative estimate of drug-likeness (QED) is 0.728. The molecule has 24 heavy (non-hydrogen) atoms. The lowest BCUT2D eigenvalue weighted by Crippen LogP contribution is -2.37. The monoisotopic (exact) mass is 344 g/mol. The summed E-state index contributed by atoms with van der Waals surface area (Å²) in [7, 11) is 0. The molecular formula is C18H14F2N2OS. The van der Waals surface area contributed by atoms with Gasteiger partial charge in [-0.05, 0) is 36.6 Å². The van der Waals surface area contributed by atoms with Gasteiger partial charge in [0.2, 0.25) is 0 Å².